The van der Waals surface area contributed by atoms with Crippen LogP contribution in [0.15, 0.2) is 18.2 Å². The molecule has 0 saturated carbocycles. The maximum atomic E-state index is 13.3. The SMILES string of the molecule is COc1ccc(C(=O)CC(C)CN)cc1F. The molecule has 0 spiro atoms. The fourth-order valence-corrected chi connectivity index (χ4v) is 1.36. The summed E-state index contributed by atoms with van der Waals surface area (Å²) in [6, 6.07) is 4.22. The molecule has 0 aromatic heterocycles. The Labute approximate surface area is 94.4 Å². The van der Waals surface area contributed by atoms with Gasteiger partial charge >= 0.3 is 0 Å². The van der Waals surface area contributed by atoms with Gasteiger partial charge < -0.3 is 10.5 Å². The zero-order chi connectivity index (χ0) is 12.1. The number of carbonyl (C=O) groups is 1. The minimum absolute atomic E-state index is 0.0977. The van der Waals surface area contributed by atoms with Gasteiger partial charge in [0.2, 0.25) is 0 Å². The summed E-state index contributed by atoms with van der Waals surface area (Å²) in [4.78, 5) is 11.7. The first-order valence-corrected chi connectivity index (χ1v) is 5.15. The Morgan fingerprint density at radius 1 is 1.56 bits per heavy atom. The molecule has 0 aliphatic heterocycles. The molecular formula is C12H16FNO2. The molecule has 0 aliphatic carbocycles. The van der Waals surface area contributed by atoms with Crippen molar-refractivity contribution in [3.8, 4) is 5.75 Å². The standard InChI is InChI=1S/C12H16FNO2/c1-8(7-14)5-11(15)9-3-4-12(16-2)10(13)6-9/h3-4,6,8H,5,7,14H2,1-2H3. The largest absolute Gasteiger partial charge is 0.494 e. The van der Waals surface area contributed by atoms with Crippen LogP contribution >= 0.6 is 0 Å². The molecule has 0 bridgehead atoms. The Morgan fingerprint density at radius 2 is 2.25 bits per heavy atom. The van der Waals surface area contributed by atoms with Crippen LogP contribution in [0.3, 0.4) is 0 Å². The van der Waals surface area contributed by atoms with Crippen molar-refractivity contribution in [1.82, 2.24) is 0 Å². The van der Waals surface area contributed by atoms with Gasteiger partial charge in [0.05, 0.1) is 7.11 Å². The van der Waals surface area contributed by atoms with E-state index in [1.54, 1.807) is 6.07 Å². The van der Waals surface area contributed by atoms with Gasteiger partial charge in [-0.25, -0.2) is 4.39 Å². The van der Waals surface area contributed by atoms with E-state index in [0.29, 0.717) is 18.5 Å². The summed E-state index contributed by atoms with van der Waals surface area (Å²) in [6.07, 6.45) is 0.336. The predicted octanol–water partition coefficient (Wildman–Crippen LogP) is 2.00. The highest BCUT2D eigenvalue weighted by Gasteiger charge is 2.12. The van der Waals surface area contributed by atoms with Crippen LogP contribution in [-0.4, -0.2) is 19.4 Å². The van der Waals surface area contributed by atoms with Crippen molar-refractivity contribution in [1.29, 1.82) is 0 Å². The van der Waals surface area contributed by atoms with Crippen LogP contribution in [0, 0.1) is 11.7 Å². The van der Waals surface area contributed by atoms with E-state index in [1.165, 1.54) is 19.2 Å². The van der Waals surface area contributed by atoms with Crippen molar-refractivity contribution < 1.29 is 13.9 Å². The summed E-state index contributed by atoms with van der Waals surface area (Å²) in [5, 5.41) is 0. The summed E-state index contributed by atoms with van der Waals surface area (Å²) < 4.78 is 18.1. The summed E-state index contributed by atoms with van der Waals surface area (Å²) in [7, 11) is 1.39. The summed E-state index contributed by atoms with van der Waals surface area (Å²) in [6.45, 7) is 2.34. The van der Waals surface area contributed by atoms with E-state index in [0.717, 1.165) is 0 Å². The highest BCUT2D eigenvalue weighted by atomic mass is 19.1. The second-order valence-corrected chi connectivity index (χ2v) is 3.82. The second-order valence-electron chi connectivity index (χ2n) is 3.82. The third-order valence-electron chi connectivity index (χ3n) is 2.41. The highest BCUT2D eigenvalue weighted by Crippen LogP contribution is 2.19. The first-order chi connectivity index (χ1) is 7.58. The molecule has 0 heterocycles. The number of carbonyl (C=O) groups excluding carboxylic acids is 1. The zero-order valence-corrected chi connectivity index (χ0v) is 9.50. The monoisotopic (exact) mass is 225 g/mol. The molecule has 1 aromatic carbocycles. The first kappa shape index (κ1) is 12.6. The van der Waals surface area contributed by atoms with Crippen molar-refractivity contribution in [2.75, 3.05) is 13.7 Å². The van der Waals surface area contributed by atoms with Crippen molar-refractivity contribution in [2.45, 2.75) is 13.3 Å². The molecule has 1 rings (SSSR count). The molecule has 3 nitrogen and oxygen atoms in total. The van der Waals surface area contributed by atoms with Crippen molar-refractivity contribution in [3.63, 3.8) is 0 Å². The van der Waals surface area contributed by atoms with Crippen LogP contribution < -0.4 is 10.5 Å². The van der Waals surface area contributed by atoms with Crippen LogP contribution in [0.2, 0.25) is 0 Å². The Balaban J connectivity index is 2.81. The first-order valence-electron chi connectivity index (χ1n) is 5.15. The van der Waals surface area contributed by atoms with E-state index in [2.05, 4.69) is 0 Å². The molecule has 0 saturated heterocycles. The van der Waals surface area contributed by atoms with Crippen LogP contribution in [0.4, 0.5) is 4.39 Å². The van der Waals surface area contributed by atoms with Crippen molar-refractivity contribution >= 4 is 5.78 Å². The molecule has 88 valence electrons. The third-order valence-corrected chi connectivity index (χ3v) is 2.41. The quantitative estimate of drug-likeness (QED) is 0.780. The van der Waals surface area contributed by atoms with E-state index in [1.807, 2.05) is 6.92 Å². The number of hydrogen-bond acceptors (Lipinski definition) is 3. The number of hydrogen-bond donors (Lipinski definition) is 1. The van der Waals surface area contributed by atoms with Crippen LogP contribution in [-0.2, 0) is 0 Å². The summed E-state index contributed by atoms with van der Waals surface area (Å²) >= 11 is 0. The number of nitrogens with two attached hydrogens (primary N) is 1. The Kier molecular flexibility index (Phi) is 4.43. The highest BCUT2D eigenvalue weighted by molar-refractivity contribution is 5.96. The number of benzene rings is 1. The van der Waals surface area contributed by atoms with Gasteiger partial charge in [-0.15, -0.1) is 0 Å². The topological polar surface area (TPSA) is 52.3 Å². The number of rotatable bonds is 5. The lowest BCUT2D eigenvalue weighted by atomic mass is 10.00. The van der Waals surface area contributed by atoms with Crippen LogP contribution in [0.1, 0.15) is 23.7 Å². The van der Waals surface area contributed by atoms with Gasteiger partial charge in [0.15, 0.2) is 17.3 Å². The molecule has 1 unspecified atom stereocenters. The molecule has 16 heavy (non-hydrogen) atoms. The molecule has 0 fully saturated rings. The number of Topliss-reactive ketones (excluding diaryl/α,β-unsaturated/α-hetero) is 1. The van der Waals surface area contributed by atoms with Gasteiger partial charge in [-0.1, -0.05) is 6.92 Å². The Bertz CT molecular complexity index is 379. The fraction of sp³-hybridized carbons (Fsp3) is 0.417. The molecule has 0 aliphatic rings. The van der Waals surface area contributed by atoms with Gasteiger partial charge in [-0.05, 0) is 30.7 Å². The second kappa shape index (κ2) is 5.61. The predicted molar refractivity (Wildman–Crippen MR) is 60.1 cm³/mol. The van der Waals surface area contributed by atoms with E-state index in [9.17, 15) is 9.18 Å². The van der Waals surface area contributed by atoms with Crippen molar-refractivity contribution in [2.24, 2.45) is 11.7 Å². The van der Waals surface area contributed by atoms with Gasteiger partial charge in [0.25, 0.3) is 0 Å². The number of halogens is 1. The van der Waals surface area contributed by atoms with Crippen LogP contribution in [0.5, 0.6) is 5.75 Å². The molecule has 1 aromatic rings. The smallest absolute Gasteiger partial charge is 0.165 e. The third kappa shape index (κ3) is 3.03. The molecular weight excluding hydrogens is 209 g/mol. The van der Waals surface area contributed by atoms with Gasteiger partial charge in [-0.3, -0.25) is 4.79 Å². The van der Waals surface area contributed by atoms with Gasteiger partial charge in [-0.2, -0.15) is 0 Å². The minimum atomic E-state index is -0.520. The fourth-order valence-electron chi connectivity index (χ4n) is 1.36. The van der Waals surface area contributed by atoms with E-state index >= 15 is 0 Å². The molecule has 2 N–H and O–H groups in total. The van der Waals surface area contributed by atoms with Gasteiger partial charge in [0.1, 0.15) is 0 Å². The Morgan fingerprint density at radius 3 is 2.75 bits per heavy atom. The lowest BCUT2D eigenvalue weighted by Gasteiger charge is -2.08. The molecule has 1 atom stereocenters. The van der Waals surface area contributed by atoms with E-state index < -0.39 is 5.82 Å². The average molecular weight is 225 g/mol. The van der Waals surface area contributed by atoms with Gasteiger partial charge in [0, 0.05) is 12.0 Å². The minimum Gasteiger partial charge on any atom is -0.494 e. The normalized spacial score (nSPS) is 12.2. The lowest BCUT2D eigenvalue weighted by molar-refractivity contribution is 0.0965. The zero-order valence-electron chi connectivity index (χ0n) is 9.50. The lowest BCUT2D eigenvalue weighted by Crippen LogP contribution is -2.15. The Hall–Kier alpha value is -1.42. The maximum absolute atomic E-state index is 13.3. The number of ether oxygens (including phenoxy) is 1. The summed E-state index contributed by atoms with van der Waals surface area (Å²) in [5.41, 5.74) is 5.79. The number of ketones is 1. The maximum Gasteiger partial charge on any atom is 0.165 e. The van der Waals surface area contributed by atoms with Crippen molar-refractivity contribution in [3.05, 3.63) is 29.6 Å². The average Bonchev–Trinajstić information content (AvgIpc) is 2.28. The molecule has 4 heteroatoms. The van der Waals surface area contributed by atoms with E-state index in [4.69, 9.17) is 10.5 Å². The number of methoxy groups -OCH3 is 1. The molecule has 0 radical (unpaired) electrons. The summed E-state index contributed by atoms with van der Waals surface area (Å²) in [5.74, 6) is -0.366. The van der Waals surface area contributed by atoms with E-state index in [-0.39, 0.29) is 17.5 Å². The van der Waals surface area contributed by atoms with Crippen LogP contribution in [0.25, 0.3) is 0 Å². The molecule has 0 amide bonds.